The van der Waals surface area contributed by atoms with Crippen LogP contribution in [0.2, 0.25) is 0 Å². The van der Waals surface area contributed by atoms with Crippen molar-refractivity contribution in [2.45, 2.75) is 58.3 Å². The van der Waals surface area contributed by atoms with Gasteiger partial charge in [-0.2, -0.15) is 5.10 Å². The second kappa shape index (κ2) is 9.92. The summed E-state index contributed by atoms with van der Waals surface area (Å²) >= 11 is 0. The molecule has 0 aromatic rings. The zero-order valence-electron chi connectivity index (χ0n) is 13.3. The number of amides is 1. The molecule has 0 fully saturated rings. The second-order valence-corrected chi connectivity index (χ2v) is 5.84. The third kappa shape index (κ3) is 7.76. The van der Waals surface area contributed by atoms with Gasteiger partial charge in [-0.25, -0.2) is 5.43 Å². The molecule has 0 saturated heterocycles. The number of nitrogens with one attached hydrogen (secondary N) is 1. The normalized spacial score (nSPS) is 18.0. The van der Waals surface area contributed by atoms with Crippen LogP contribution in [0.15, 0.2) is 28.9 Å². The lowest BCUT2D eigenvalue weighted by Crippen LogP contribution is -2.17. The van der Waals surface area contributed by atoms with E-state index in [2.05, 4.69) is 30.1 Å². The Morgan fingerprint density at radius 3 is 2.73 bits per heavy atom. The minimum atomic E-state index is -0.788. The van der Waals surface area contributed by atoms with Gasteiger partial charge in [0.25, 0.3) is 0 Å². The van der Waals surface area contributed by atoms with Crippen molar-refractivity contribution in [2.24, 2.45) is 11.0 Å². The fraction of sp³-hybridized carbons (Fsp3) is 0.588. The number of carboxylic acid groups (broad SMARTS) is 1. The van der Waals surface area contributed by atoms with Gasteiger partial charge in [0.15, 0.2) is 0 Å². The Morgan fingerprint density at radius 1 is 1.41 bits per heavy atom. The van der Waals surface area contributed by atoms with Crippen molar-refractivity contribution in [3.63, 3.8) is 0 Å². The quantitative estimate of drug-likeness (QED) is 0.296. The molecule has 1 aliphatic carbocycles. The molecule has 0 spiro atoms. The largest absolute Gasteiger partial charge is 0.481 e. The van der Waals surface area contributed by atoms with Crippen LogP contribution in [0.3, 0.4) is 0 Å². The predicted molar refractivity (Wildman–Crippen MR) is 87.6 cm³/mol. The fourth-order valence-electron chi connectivity index (χ4n) is 2.40. The standard InChI is InChI=1S/C17H26N2O3/c1-13(2)15-10-8-14(9-11-15)12-18-19-16(20)6-4-3-5-7-17(21)22/h8,12,15H,1,3-7,9-11H2,2H3,(H,19,20)(H,21,22)/b18-12+/t15-/m1/s1. The summed E-state index contributed by atoms with van der Waals surface area (Å²) in [7, 11) is 0. The number of allylic oxidation sites excluding steroid dienone is 3. The maximum absolute atomic E-state index is 11.6. The highest BCUT2D eigenvalue weighted by atomic mass is 16.4. The first-order valence-electron chi connectivity index (χ1n) is 7.87. The lowest BCUT2D eigenvalue weighted by atomic mass is 9.86. The topological polar surface area (TPSA) is 78.8 Å². The number of carbonyl (C=O) groups excluding carboxylic acids is 1. The molecule has 5 heteroatoms. The molecule has 0 aromatic heterocycles. The highest BCUT2D eigenvalue weighted by Crippen LogP contribution is 2.27. The predicted octanol–water partition coefficient (Wildman–Crippen LogP) is 3.43. The van der Waals surface area contributed by atoms with Crippen molar-refractivity contribution in [2.75, 3.05) is 0 Å². The van der Waals surface area contributed by atoms with E-state index < -0.39 is 5.97 Å². The van der Waals surface area contributed by atoms with Crippen molar-refractivity contribution < 1.29 is 14.7 Å². The summed E-state index contributed by atoms with van der Waals surface area (Å²) in [5.41, 5.74) is 4.90. The molecule has 1 rings (SSSR count). The van der Waals surface area contributed by atoms with Crippen LogP contribution < -0.4 is 5.43 Å². The van der Waals surface area contributed by atoms with Crippen LogP contribution in [0.4, 0.5) is 0 Å². The van der Waals surface area contributed by atoms with Crippen LogP contribution >= 0.6 is 0 Å². The Kier molecular flexibility index (Phi) is 8.18. The number of unbranched alkanes of at least 4 members (excludes halogenated alkanes) is 2. The molecule has 0 aliphatic heterocycles. The number of rotatable bonds is 9. The lowest BCUT2D eigenvalue weighted by Gasteiger charge is -2.20. The van der Waals surface area contributed by atoms with Crippen molar-refractivity contribution in [3.8, 4) is 0 Å². The molecule has 0 heterocycles. The summed E-state index contributed by atoms with van der Waals surface area (Å²) in [5.74, 6) is -0.343. The average molecular weight is 306 g/mol. The molecule has 0 unspecified atom stereocenters. The molecule has 1 amide bonds. The number of carboxylic acids is 1. The van der Waals surface area contributed by atoms with Gasteiger partial charge in [0.1, 0.15) is 0 Å². The summed E-state index contributed by atoms with van der Waals surface area (Å²) in [5, 5.41) is 12.5. The number of hydrazone groups is 1. The van der Waals surface area contributed by atoms with Crippen molar-refractivity contribution in [3.05, 3.63) is 23.8 Å². The Balaban J connectivity index is 2.16. The zero-order chi connectivity index (χ0) is 16.4. The molecule has 1 aliphatic rings. The van der Waals surface area contributed by atoms with E-state index in [0.29, 0.717) is 25.2 Å². The van der Waals surface area contributed by atoms with Gasteiger partial charge in [-0.05, 0) is 50.5 Å². The first-order valence-corrected chi connectivity index (χ1v) is 7.87. The maximum Gasteiger partial charge on any atom is 0.303 e. The highest BCUT2D eigenvalue weighted by Gasteiger charge is 2.13. The molecule has 0 bridgehead atoms. The maximum atomic E-state index is 11.6. The molecule has 2 N–H and O–H groups in total. The van der Waals surface area contributed by atoms with E-state index in [1.54, 1.807) is 6.21 Å². The summed E-state index contributed by atoms with van der Waals surface area (Å²) in [6.07, 6.45) is 9.52. The second-order valence-electron chi connectivity index (χ2n) is 5.84. The molecule has 0 aromatic carbocycles. The van der Waals surface area contributed by atoms with E-state index in [1.807, 2.05) is 0 Å². The number of carbonyl (C=O) groups is 2. The van der Waals surface area contributed by atoms with E-state index in [4.69, 9.17) is 5.11 Å². The van der Waals surface area contributed by atoms with Gasteiger partial charge in [0.05, 0.1) is 6.21 Å². The average Bonchev–Trinajstić information content (AvgIpc) is 2.47. The van der Waals surface area contributed by atoms with Crippen LogP contribution in [-0.2, 0) is 9.59 Å². The van der Waals surface area contributed by atoms with Crippen LogP contribution in [0.25, 0.3) is 0 Å². The number of aliphatic carboxylic acids is 1. The highest BCUT2D eigenvalue weighted by molar-refractivity contribution is 5.81. The first-order chi connectivity index (χ1) is 10.5. The molecule has 0 saturated carbocycles. The molecule has 122 valence electrons. The van der Waals surface area contributed by atoms with Gasteiger partial charge in [-0.15, -0.1) is 0 Å². The number of nitrogens with zero attached hydrogens (tertiary/aromatic N) is 1. The molecular formula is C17H26N2O3. The Hall–Kier alpha value is -1.91. The van der Waals surface area contributed by atoms with E-state index in [-0.39, 0.29) is 12.3 Å². The monoisotopic (exact) mass is 306 g/mol. The van der Waals surface area contributed by atoms with Gasteiger partial charge < -0.3 is 5.11 Å². The molecule has 22 heavy (non-hydrogen) atoms. The van der Waals surface area contributed by atoms with E-state index in [0.717, 1.165) is 31.3 Å². The Labute approximate surface area is 132 Å². The Morgan fingerprint density at radius 2 is 2.14 bits per heavy atom. The van der Waals surface area contributed by atoms with Gasteiger partial charge in [-0.1, -0.05) is 24.6 Å². The third-order valence-electron chi connectivity index (χ3n) is 3.86. The third-order valence-corrected chi connectivity index (χ3v) is 3.86. The lowest BCUT2D eigenvalue weighted by molar-refractivity contribution is -0.137. The zero-order valence-corrected chi connectivity index (χ0v) is 13.3. The van der Waals surface area contributed by atoms with Crippen LogP contribution in [0.1, 0.15) is 58.3 Å². The molecule has 5 nitrogen and oxygen atoms in total. The van der Waals surface area contributed by atoms with Crippen molar-refractivity contribution in [1.82, 2.24) is 5.43 Å². The molecule has 1 atom stereocenters. The fourth-order valence-corrected chi connectivity index (χ4v) is 2.40. The summed E-state index contributed by atoms with van der Waals surface area (Å²) < 4.78 is 0. The molecular weight excluding hydrogens is 280 g/mol. The SMILES string of the molecule is C=C(C)[C@@H]1CC=C(/C=N/NC(=O)CCCCCC(=O)O)CC1. The van der Waals surface area contributed by atoms with Crippen molar-refractivity contribution in [1.29, 1.82) is 0 Å². The van der Waals surface area contributed by atoms with Gasteiger partial charge >= 0.3 is 5.97 Å². The van der Waals surface area contributed by atoms with Gasteiger partial charge in [0.2, 0.25) is 5.91 Å². The minimum Gasteiger partial charge on any atom is -0.481 e. The van der Waals surface area contributed by atoms with E-state index in [1.165, 1.54) is 5.57 Å². The first kappa shape index (κ1) is 18.1. The van der Waals surface area contributed by atoms with E-state index in [9.17, 15) is 9.59 Å². The molecule has 0 radical (unpaired) electrons. The van der Waals surface area contributed by atoms with Crippen LogP contribution in [0, 0.1) is 5.92 Å². The van der Waals surface area contributed by atoms with Crippen LogP contribution in [0.5, 0.6) is 0 Å². The summed E-state index contributed by atoms with van der Waals surface area (Å²) in [6, 6.07) is 0. The summed E-state index contributed by atoms with van der Waals surface area (Å²) in [6.45, 7) is 6.05. The minimum absolute atomic E-state index is 0.122. The van der Waals surface area contributed by atoms with Crippen LogP contribution in [-0.4, -0.2) is 23.2 Å². The number of hydrogen-bond donors (Lipinski definition) is 2. The Bertz CT molecular complexity index is 467. The summed E-state index contributed by atoms with van der Waals surface area (Å²) in [4.78, 5) is 21.9. The van der Waals surface area contributed by atoms with E-state index >= 15 is 0 Å². The van der Waals surface area contributed by atoms with Crippen molar-refractivity contribution >= 4 is 18.1 Å². The smallest absolute Gasteiger partial charge is 0.303 e. The van der Waals surface area contributed by atoms with Gasteiger partial charge in [0, 0.05) is 12.8 Å². The van der Waals surface area contributed by atoms with Gasteiger partial charge in [-0.3, -0.25) is 9.59 Å². The number of hydrogen-bond acceptors (Lipinski definition) is 3.